The maximum Gasteiger partial charge on any atom is 0.274 e. The second kappa shape index (κ2) is 8.37. The zero-order valence-corrected chi connectivity index (χ0v) is 17.7. The van der Waals surface area contributed by atoms with Gasteiger partial charge in [-0.1, -0.05) is 47.5 Å². The molecule has 146 valence electrons. The summed E-state index contributed by atoms with van der Waals surface area (Å²) in [5.74, 6) is -0.304. The molecule has 0 N–H and O–H groups in total. The summed E-state index contributed by atoms with van der Waals surface area (Å²) in [6, 6.07) is 17.0. The van der Waals surface area contributed by atoms with E-state index >= 15 is 0 Å². The van der Waals surface area contributed by atoms with Crippen molar-refractivity contribution < 1.29 is 4.79 Å². The van der Waals surface area contributed by atoms with Gasteiger partial charge in [-0.2, -0.15) is 5.10 Å². The largest absolute Gasteiger partial charge is 0.336 e. The van der Waals surface area contributed by atoms with E-state index in [1.54, 1.807) is 35.4 Å². The zero-order chi connectivity index (χ0) is 20.4. The topological polar surface area (TPSA) is 51.0 Å². The summed E-state index contributed by atoms with van der Waals surface area (Å²) >= 11 is 13.7. The Morgan fingerprint density at radius 3 is 2.62 bits per heavy atom. The first kappa shape index (κ1) is 19.6. The van der Waals surface area contributed by atoms with Gasteiger partial charge in [-0.25, -0.2) is 9.67 Å². The van der Waals surface area contributed by atoms with Crippen LogP contribution in [-0.2, 0) is 6.54 Å². The van der Waals surface area contributed by atoms with Gasteiger partial charge in [0.15, 0.2) is 0 Å². The lowest BCUT2D eigenvalue weighted by Gasteiger charge is -2.17. The molecule has 29 heavy (non-hydrogen) atoms. The summed E-state index contributed by atoms with van der Waals surface area (Å²) in [6.07, 6.45) is 1.95. The van der Waals surface area contributed by atoms with Crippen molar-refractivity contribution >= 4 is 40.4 Å². The Balaban J connectivity index is 1.68. The third-order valence-corrected chi connectivity index (χ3v) is 5.73. The first-order valence-electron chi connectivity index (χ1n) is 8.78. The van der Waals surface area contributed by atoms with Gasteiger partial charge in [-0.15, -0.1) is 11.3 Å². The lowest BCUT2D eigenvalue weighted by molar-refractivity contribution is 0.0779. The molecule has 1 amide bonds. The van der Waals surface area contributed by atoms with Crippen LogP contribution in [0.3, 0.4) is 0 Å². The van der Waals surface area contributed by atoms with Crippen molar-refractivity contribution in [1.82, 2.24) is 19.7 Å². The van der Waals surface area contributed by atoms with Crippen molar-refractivity contribution in [2.24, 2.45) is 0 Å². The van der Waals surface area contributed by atoms with E-state index in [9.17, 15) is 4.79 Å². The predicted octanol–water partition coefficient (Wildman–Crippen LogP) is 5.57. The Kier molecular flexibility index (Phi) is 5.67. The third kappa shape index (κ3) is 4.19. The molecular weight excluding hydrogens is 427 g/mol. The average molecular weight is 443 g/mol. The quantitative estimate of drug-likeness (QED) is 0.379. The lowest BCUT2D eigenvalue weighted by Crippen LogP contribution is -2.27. The van der Waals surface area contributed by atoms with Crippen LogP contribution in [0.25, 0.3) is 16.3 Å². The van der Waals surface area contributed by atoms with Crippen molar-refractivity contribution in [3.05, 3.63) is 87.6 Å². The van der Waals surface area contributed by atoms with E-state index < -0.39 is 0 Å². The molecule has 0 unspecified atom stereocenters. The number of para-hydroxylation sites is 1. The van der Waals surface area contributed by atoms with Gasteiger partial charge < -0.3 is 4.90 Å². The van der Waals surface area contributed by atoms with Crippen LogP contribution in [0.5, 0.6) is 0 Å². The van der Waals surface area contributed by atoms with Gasteiger partial charge in [0, 0.05) is 25.4 Å². The van der Waals surface area contributed by atoms with Gasteiger partial charge in [0.05, 0.1) is 15.6 Å². The number of aromatic nitrogens is 3. The maximum absolute atomic E-state index is 12.9. The Hall–Kier alpha value is -2.67. The van der Waals surface area contributed by atoms with Gasteiger partial charge in [0.25, 0.3) is 5.91 Å². The summed E-state index contributed by atoms with van der Waals surface area (Å²) in [4.78, 5) is 19.6. The number of nitrogens with zero attached hydrogens (tertiary/aromatic N) is 4. The predicted molar refractivity (Wildman–Crippen MR) is 117 cm³/mol. The second-order valence-corrected chi connectivity index (χ2v) is 8.13. The highest BCUT2D eigenvalue weighted by Crippen LogP contribution is 2.29. The van der Waals surface area contributed by atoms with Crippen LogP contribution in [0.1, 0.15) is 16.1 Å². The molecule has 0 saturated heterocycles. The molecular formula is C21H16Cl2N4OS. The number of amides is 1. The van der Waals surface area contributed by atoms with Crippen molar-refractivity contribution in [3.8, 4) is 16.3 Å². The third-order valence-electron chi connectivity index (χ3n) is 4.33. The van der Waals surface area contributed by atoms with Crippen LogP contribution in [0.15, 0.2) is 66.2 Å². The fraction of sp³-hybridized carbons (Fsp3) is 0.0952. The number of thiophene rings is 1. The fourth-order valence-corrected chi connectivity index (χ4v) is 4.01. The summed E-state index contributed by atoms with van der Waals surface area (Å²) in [7, 11) is 1.71. The van der Waals surface area contributed by atoms with Gasteiger partial charge in [0.2, 0.25) is 0 Å². The number of rotatable bonds is 5. The van der Waals surface area contributed by atoms with E-state index in [2.05, 4.69) is 4.98 Å². The van der Waals surface area contributed by atoms with Crippen molar-refractivity contribution in [3.63, 3.8) is 0 Å². The summed E-state index contributed by atoms with van der Waals surface area (Å²) < 4.78 is 1.83. The van der Waals surface area contributed by atoms with E-state index in [0.29, 0.717) is 6.54 Å². The summed E-state index contributed by atoms with van der Waals surface area (Å²) in [5, 5.41) is 7.26. The number of benzene rings is 1. The maximum atomic E-state index is 12.9. The van der Waals surface area contributed by atoms with Gasteiger partial charge >= 0.3 is 0 Å². The highest BCUT2D eigenvalue weighted by Gasteiger charge is 2.21. The molecule has 0 fully saturated rings. The smallest absolute Gasteiger partial charge is 0.274 e. The van der Waals surface area contributed by atoms with Crippen LogP contribution in [-0.4, -0.2) is 32.6 Å². The van der Waals surface area contributed by atoms with Crippen molar-refractivity contribution in [2.75, 3.05) is 7.05 Å². The lowest BCUT2D eigenvalue weighted by atomic mass is 10.2. The molecule has 0 aliphatic rings. The zero-order valence-electron chi connectivity index (χ0n) is 15.4. The Bertz CT molecular complexity index is 1140. The molecule has 0 aliphatic carbocycles. The number of hydrogen-bond donors (Lipinski definition) is 0. The van der Waals surface area contributed by atoms with Crippen LogP contribution in [0.4, 0.5) is 0 Å². The number of halogens is 2. The number of hydrogen-bond acceptors (Lipinski definition) is 4. The van der Waals surface area contributed by atoms with Crippen molar-refractivity contribution in [1.29, 1.82) is 0 Å². The number of pyridine rings is 1. The highest BCUT2D eigenvalue weighted by atomic mass is 35.5. The SMILES string of the molecule is CN(Cc1cn(-c2ccccc2)nc1-c1cccs1)C(=O)c1nc(Cl)ccc1Cl. The molecule has 0 spiro atoms. The molecule has 0 atom stereocenters. The molecule has 1 aromatic carbocycles. The van der Waals surface area contributed by atoms with Crippen LogP contribution < -0.4 is 0 Å². The van der Waals surface area contributed by atoms with Crippen LogP contribution in [0, 0.1) is 0 Å². The molecule has 3 aromatic heterocycles. The van der Waals surface area contributed by atoms with E-state index in [1.807, 2.05) is 58.7 Å². The monoisotopic (exact) mass is 442 g/mol. The molecule has 5 nitrogen and oxygen atoms in total. The number of carbonyl (C=O) groups excluding carboxylic acids is 1. The molecule has 3 heterocycles. The Labute approximate surface area is 182 Å². The molecule has 8 heteroatoms. The standard InChI is InChI=1S/C21H16Cl2N4OS/c1-26(21(28)20-16(22)9-10-18(23)24-20)12-14-13-27(15-6-3-2-4-7-15)25-19(14)17-8-5-11-29-17/h2-11,13H,12H2,1H3. The van der Waals surface area contributed by atoms with E-state index in [-0.39, 0.29) is 21.8 Å². The van der Waals surface area contributed by atoms with Gasteiger partial charge in [-0.3, -0.25) is 4.79 Å². The van der Waals surface area contributed by atoms with E-state index in [1.165, 1.54) is 0 Å². The first-order chi connectivity index (χ1) is 14.0. The number of carbonyl (C=O) groups is 1. The van der Waals surface area contributed by atoms with E-state index in [4.69, 9.17) is 28.3 Å². The fourth-order valence-electron chi connectivity index (χ4n) is 2.94. The minimum Gasteiger partial charge on any atom is -0.336 e. The average Bonchev–Trinajstić information content (AvgIpc) is 3.40. The highest BCUT2D eigenvalue weighted by molar-refractivity contribution is 7.13. The molecule has 0 bridgehead atoms. The Morgan fingerprint density at radius 2 is 1.90 bits per heavy atom. The van der Waals surface area contributed by atoms with Crippen LogP contribution >= 0.6 is 34.5 Å². The van der Waals surface area contributed by atoms with Crippen molar-refractivity contribution in [2.45, 2.75) is 6.54 Å². The molecule has 0 saturated carbocycles. The first-order valence-corrected chi connectivity index (χ1v) is 10.4. The summed E-state index contributed by atoms with van der Waals surface area (Å²) in [6.45, 7) is 0.351. The molecule has 4 aromatic rings. The van der Waals surface area contributed by atoms with Crippen LogP contribution in [0.2, 0.25) is 10.2 Å². The minimum atomic E-state index is -0.304. The van der Waals surface area contributed by atoms with Gasteiger partial charge in [-0.05, 0) is 35.7 Å². The molecule has 4 rings (SSSR count). The van der Waals surface area contributed by atoms with E-state index in [0.717, 1.165) is 21.8 Å². The second-order valence-electron chi connectivity index (χ2n) is 6.39. The molecule has 0 radical (unpaired) electrons. The minimum absolute atomic E-state index is 0.134. The normalized spacial score (nSPS) is 10.9. The molecule has 0 aliphatic heterocycles. The Morgan fingerprint density at radius 1 is 1.10 bits per heavy atom. The summed E-state index contributed by atoms with van der Waals surface area (Å²) in [5.41, 5.74) is 2.85. The van der Waals surface area contributed by atoms with Gasteiger partial charge in [0.1, 0.15) is 16.5 Å².